The van der Waals surface area contributed by atoms with Crippen LogP contribution in [-0.4, -0.2) is 27.0 Å². The number of hydrogen-bond acceptors (Lipinski definition) is 3. The van der Waals surface area contributed by atoms with E-state index in [1.54, 1.807) is 13.3 Å². The summed E-state index contributed by atoms with van der Waals surface area (Å²) in [5.74, 6) is 1.66. The highest BCUT2D eigenvalue weighted by Crippen LogP contribution is 2.26. The highest BCUT2D eigenvalue weighted by molar-refractivity contribution is 6.01. The summed E-state index contributed by atoms with van der Waals surface area (Å²) in [7, 11) is 1.66. The Hall–Kier alpha value is -2.82. The monoisotopic (exact) mass is 264 g/mol. The lowest BCUT2D eigenvalue weighted by Crippen LogP contribution is -1.83. The summed E-state index contributed by atoms with van der Waals surface area (Å²) in [6.07, 6.45) is 3.67. The minimum Gasteiger partial charge on any atom is -0.497 e. The predicted molar refractivity (Wildman–Crippen MR) is 77.7 cm³/mol. The van der Waals surface area contributed by atoms with Crippen molar-refractivity contribution in [3.63, 3.8) is 0 Å². The van der Waals surface area contributed by atoms with Gasteiger partial charge in [-0.05, 0) is 30.3 Å². The minimum atomic E-state index is 0.832. The van der Waals surface area contributed by atoms with Crippen molar-refractivity contribution in [1.29, 1.82) is 0 Å². The number of H-pyrrole nitrogens is 2. The van der Waals surface area contributed by atoms with Crippen molar-refractivity contribution in [1.82, 2.24) is 19.9 Å². The zero-order chi connectivity index (χ0) is 13.5. The number of fused-ring (bicyclic) bond motifs is 3. The molecule has 1 aromatic carbocycles. The van der Waals surface area contributed by atoms with Crippen molar-refractivity contribution in [3.8, 4) is 17.1 Å². The first-order valence-electron chi connectivity index (χ1n) is 6.31. The molecular weight excluding hydrogens is 252 g/mol. The molecule has 0 spiro atoms. The van der Waals surface area contributed by atoms with Crippen LogP contribution < -0.4 is 4.74 Å². The Morgan fingerprint density at radius 2 is 1.95 bits per heavy atom. The SMILES string of the molecule is COc1ccc(-c2nc3c(cnc4[nH]ccc43)[nH]2)cc1. The van der Waals surface area contributed by atoms with E-state index in [0.29, 0.717) is 0 Å². The molecule has 0 saturated heterocycles. The summed E-state index contributed by atoms with van der Waals surface area (Å²) in [5.41, 5.74) is 3.74. The summed E-state index contributed by atoms with van der Waals surface area (Å²) in [6.45, 7) is 0. The van der Waals surface area contributed by atoms with E-state index in [0.717, 1.165) is 39.2 Å². The van der Waals surface area contributed by atoms with Gasteiger partial charge in [-0.3, -0.25) is 0 Å². The third-order valence-electron chi connectivity index (χ3n) is 3.40. The summed E-state index contributed by atoms with van der Waals surface area (Å²) in [5, 5.41) is 1.03. The molecule has 0 amide bonds. The van der Waals surface area contributed by atoms with E-state index in [9.17, 15) is 0 Å². The van der Waals surface area contributed by atoms with Crippen LogP contribution in [0.4, 0.5) is 0 Å². The van der Waals surface area contributed by atoms with E-state index < -0.39 is 0 Å². The average Bonchev–Trinajstić information content (AvgIpc) is 3.12. The van der Waals surface area contributed by atoms with Crippen molar-refractivity contribution < 1.29 is 4.74 Å². The first kappa shape index (κ1) is 11.0. The van der Waals surface area contributed by atoms with Crippen LogP contribution in [0, 0.1) is 0 Å². The van der Waals surface area contributed by atoms with Gasteiger partial charge in [0.05, 0.1) is 18.8 Å². The molecule has 5 nitrogen and oxygen atoms in total. The molecule has 0 unspecified atom stereocenters. The number of methoxy groups -OCH3 is 1. The van der Waals surface area contributed by atoms with Gasteiger partial charge in [0, 0.05) is 17.1 Å². The van der Waals surface area contributed by atoms with E-state index in [2.05, 4.69) is 19.9 Å². The molecule has 5 heteroatoms. The normalized spacial score (nSPS) is 11.2. The van der Waals surface area contributed by atoms with Crippen LogP contribution in [-0.2, 0) is 0 Å². The molecule has 0 radical (unpaired) electrons. The number of benzene rings is 1. The van der Waals surface area contributed by atoms with Crippen LogP contribution in [0.2, 0.25) is 0 Å². The van der Waals surface area contributed by atoms with Gasteiger partial charge in [0.15, 0.2) is 0 Å². The van der Waals surface area contributed by atoms with Crippen molar-refractivity contribution >= 4 is 22.1 Å². The van der Waals surface area contributed by atoms with Crippen molar-refractivity contribution in [2.24, 2.45) is 0 Å². The number of aromatic nitrogens is 4. The highest BCUT2D eigenvalue weighted by Gasteiger charge is 2.09. The van der Waals surface area contributed by atoms with E-state index in [1.165, 1.54) is 0 Å². The molecule has 0 aliphatic carbocycles. The molecule has 3 heterocycles. The lowest BCUT2D eigenvalue weighted by Gasteiger charge is -2.00. The van der Waals surface area contributed by atoms with Gasteiger partial charge in [-0.25, -0.2) is 9.97 Å². The third kappa shape index (κ3) is 1.56. The number of pyridine rings is 1. The Labute approximate surface area is 114 Å². The minimum absolute atomic E-state index is 0.832. The van der Waals surface area contributed by atoms with Gasteiger partial charge in [0.2, 0.25) is 0 Å². The highest BCUT2D eigenvalue weighted by atomic mass is 16.5. The number of aromatic amines is 2. The number of nitrogens with one attached hydrogen (secondary N) is 2. The lowest BCUT2D eigenvalue weighted by molar-refractivity contribution is 0.415. The Balaban J connectivity index is 1.90. The maximum absolute atomic E-state index is 5.17. The van der Waals surface area contributed by atoms with E-state index in [4.69, 9.17) is 4.74 Å². The van der Waals surface area contributed by atoms with Crippen molar-refractivity contribution in [3.05, 3.63) is 42.7 Å². The molecular formula is C15H12N4O. The Morgan fingerprint density at radius 3 is 2.75 bits per heavy atom. The van der Waals surface area contributed by atoms with E-state index in [-0.39, 0.29) is 0 Å². The molecule has 0 fully saturated rings. The predicted octanol–water partition coefficient (Wildman–Crippen LogP) is 3.11. The van der Waals surface area contributed by atoms with Crippen LogP contribution >= 0.6 is 0 Å². The van der Waals surface area contributed by atoms with Crippen molar-refractivity contribution in [2.45, 2.75) is 0 Å². The quantitative estimate of drug-likeness (QED) is 0.584. The molecule has 0 saturated carbocycles. The fourth-order valence-electron chi connectivity index (χ4n) is 2.36. The van der Waals surface area contributed by atoms with Gasteiger partial charge in [-0.2, -0.15) is 0 Å². The Bertz CT molecular complexity index is 889. The Kier molecular flexibility index (Phi) is 2.26. The second-order valence-corrected chi connectivity index (χ2v) is 4.57. The molecule has 20 heavy (non-hydrogen) atoms. The van der Waals surface area contributed by atoms with Crippen molar-refractivity contribution in [2.75, 3.05) is 7.11 Å². The summed E-state index contributed by atoms with van der Waals surface area (Å²) in [6, 6.07) is 9.80. The zero-order valence-electron chi connectivity index (χ0n) is 10.8. The number of nitrogens with zero attached hydrogens (tertiary/aromatic N) is 2. The smallest absolute Gasteiger partial charge is 0.139 e. The van der Waals surface area contributed by atoms with E-state index >= 15 is 0 Å². The summed E-state index contributed by atoms with van der Waals surface area (Å²) < 4.78 is 5.17. The van der Waals surface area contributed by atoms with E-state index in [1.807, 2.05) is 36.5 Å². The zero-order valence-corrected chi connectivity index (χ0v) is 10.8. The van der Waals surface area contributed by atoms with Crippen LogP contribution in [0.25, 0.3) is 33.5 Å². The van der Waals surface area contributed by atoms with Crippen LogP contribution in [0.15, 0.2) is 42.7 Å². The average molecular weight is 264 g/mol. The fourth-order valence-corrected chi connectivity index (χ4v) is 2.36. The number of rotatable bonds is 2. The third-order valence-corrected chi connectivity index (χ3v) is 3.40. The van der Waals surface area contributed by atoms with Crippen LogP contribution in [0.1, 0.15) is 0 Å². The Morgan fingerprint density at radius 1 is 1.10 bits per heavy atom. The lowest BCUT2D eigenvalue weighted by atomic mass is 10.2. The molecule has 0 atom stereocenters. The van der Waals surface area contributed by atoms with Gasteiger partial charge < -0.3 is 14.7 Å². The first-order valence-corrected chi connectivity index (χ1v) is 6.31. The standard InChI is InChI=1S/C15H12N4O/c1-20-10-4-2-9(3-5-10)14-18-12-8-17-15-11(6-7-16-15)13(12)19-14/h2-8H,1H3,(H,16,17)(H,18,19). The molecule has 2 N–H and O–H groups in total. The number of imidazole rings is 1. The topological polar surface area (TPSA) is 66.6 Å². The fraction of sp³-hybridized carbons (Fsp3) is 0.0667. The van der Waals surface area contributed by atoms with Crippen LogP contribution in [0.5, 0.6) is 5.75 Å². The molecule has 0 aliphatic heterocycles. The largest absolute Gasteiger partial charge is 0.497 e. The van der Waals surface area contributed by atoms with Gasteiger partial charge >= 0.3 is 0 Å². The van der Waals surface area contributed by atoms with Crippen LogP contribution in [0.3, 0.4) is 0 Å². The summed E-state index contributed by atoms with van der Waals surface area (Å²) in [4.78, 5) is 15.4. The molecule has 0 bridgehead atoms. The maximum Gasteiger partial charge on any atom is 0.139 e. The molecule has 0 aliphatic rings. The molecule has 98 valence electrons. The first-order chi connectivity index (χ1) is 9.85. The van der Waals surface area contributed by atoms with Gasteiger partial charge in [-0.1, -0.05) is 0 Å². The molecule has 4 rings (SSSR count). The maximum atomic E-state index is 5.17. The van der Waals surface area contributed by atoms with Gasteiger partial charge in [-0.15, -0.1) is 0 Å². The second kappa shape index (κ2) is 4.09. The summed E-state index contributed by atoms with van der Waals surface area (Å²) >= 11 is 0. The van der Waals surface area contributed by atoms with Gasteiger partial charge in [0.25, 0.3) is 0 Å². The number of ether oxygens (including phenoxy) is 1. The molecule has 3 aromatic heterocycles. The number of hydrogen-bond donors (Lipinski definition) is 2. The van der Waals surface area contributed by atoms with Gasteiger partial charge in [0.1, 0.15) is 22.7 Å². The molecule has 4 aromatic rings. The second-order valence-electron chi connectivity index (χ2n) is 4.57.